The summed E-state index contributed by atoms with van der Waals surface area (Å²) in [5, 5.41) is 4.33. The van der Waals surface area contributed by atoms with Crippen molar-refractivity contribution in [3.05, 3.63) is 63.6 Å². The van der Waals surface area contributed by atoms with Crippen LogP contribution in [0.4, 0.5) is 0 Å². The summed E-state index contributed by atoms with van der Waals surface area (Å²) < 4.78 is 6.49. The fourth-order valence-corrected chi connectivity index (χ4v) is 3.60. The van der Waals surface area contributed by atoms with Crippen LogP contribution in [0.5, 0.6) is 5.75 Å². The third-order valence-corrected chi connectivity index (χ3v) is 5.28. The number of carbonyl (C=O) groups is 1. The monoisotopic (exact) mass is 428 g/mol. The Hall–Kier alpha value is -2.14. The Balaban J connectivity index is 1.60. The highest BCUT2D eigenvalue weighted by molar-refractivity contribution is 9.10. The Bertz CT molecular complexity index is 869. The topological polar surface area (TPSA) is 50.7 Å². The third-order valence-electron chi connectivity index (χ3n) is 4.66. The van der Waals surface area contributed by atoms with Crippen LogP contribution in [0.15, 0.2) is 52.0 Å². The summed E-state index contributed by atoms with van der Waals surface area (Å²) in [5.41, 5.74) is 7.24. The largest absolute Gasteiger partial charge is 0.483 e. The number of ether oxygens (including phenoxy) is 1. The standard InChI is InChI=1S/C22H25BrN2O2/c1-22(2,3)16-11-12-20(18(23)13-16)27-14-21(26)25-24-19-10-6-8-15-7-4-5-9-17(15)19/h4-5,7,9,11-13H,6,8,10,14H2,1-3H3,(H,25,26)/b24-19+. The van der Waals surface area contributed by atoms with Gasteiger partial charge in [-0.15, -0.1) is 0 Å². The summed E-state index contributed by atoms with van der Waals surface area (Å²) in [5.74, 6) is 0.381. The number of hydrogen-bond donors (Lipinski definition) is 1. The predicted molar refractivity (Wildman–Crippen MR) is 112 cm³/mol. The maximum absolute atomic E-state index is 12.2. The zero-order chi connectivity index (χ0) is 19.4. The van der Waals surface area contributed by atoms with Crippen LogP contribution in [0, 0.1) is 0 Å². The molecule has 4 nitrogen and oxygen atoms in total. The number of hydrogen-bond acceptors (Lipinski definition) is 3. The SMILES string of the molecule is CC(C)(C)c1ccc(OCC(=O)N/N=C2\CCCc3ccccc32)c(Br)c1. The molecule has 5 heteroatoms. The second-order valence-electron chi connectivity index (χ2n) is 7.79. The van der Waals surface area contributed by atoms with Crippen LogP contribution in [0.25, 0.3) is 0 Å². The van der Waals surface area contributed by atoms with Gasteiger partial charge >= 0.3 is 0 Å². The van der Waals surface area contributed by atoms with E-state index in [1.54, 1.807) is 0 Å². The number of hydrazone groups is 1. The van der Waals surface area contributed by atoms with Gasteiger partial charge in [0, 0.05) is 5.56 Å². The molecule has 3 rings (SSSR count). The average Bonchev–Trinajstić information content (AvgIpc) is 2.64. The molecule has 0 atom stereocenters. The van der Waals surface area contributed by atoms with E-state index in [1.165, 1.54) is 11.1 Å². The normalized spacial score (nSPS) is 15.3. The number of benzene rings is 2. The van der Waals surface area contributed by atoms with Crippen LogP contribution in [-0.2, 0) is 16.6 Å². The van der Waals surface area contributed by atoms with E-state index in [4.69, 9.17) is 4.74 Å². The van der Waals surface area contributed by atoms with E-state index < -0.39 is 0 Å². The molecule has 0 spiro atoms. The molecule has 0 aliphatic heterocycles. The smallest absolute Gasteiger partial charge is 0.277 e. The van der Waals surface area contributed by atoms with Crippen molar-refractivity contribution < 1.29 is 9.53 Å². The zero-order valence-electron chi connectivity index (χ0n) is 16.0. The molecule has 1 amide bonds. The van der Waals surface area contributed by atoms with Crippen LogP contribution in [0.1, 0.15) is 50.3 Å². The molecule has 0 aromatic heterocycles. The number of halogens is 1. The summed E-state index contributed by atoms with van der Waals surface area (Å²) in [7, 11) is 0. The van der Waals surface area contributed by atoms with Crippen LogP contribution in [0.3, 0.4) is 0 Å². The number of nitrogens with one attached hydrogen (secondary N) is 1. The number of aryl methyl sites for hydroxylation is 1. The molecule has 27 heavy (non-hydrogen) atoms. The van der Waals surface area contributed by atoms with E-state index in [1.807, 2.05) is 30.3 Å². The number of carbonyl (C=O) groups excluding carboxylic acids is 1. The van der Waals surface area contributed by atoms with Gasteiger partial charge in [0.25, 0.3) is 5.91 Å². The minimum Gasteiger partial charge on any atom is -0.483 e. The second kappa shape index (κ2) is 8.26. The van der Waals surface area contributed by atoms with Crippen molar-refractivity contribution in [2.24, 2.45) is 5.10 Å². The van der Waals surface area contributed by atoms with Gasteiger partial charge in [-0.25, -0.2) is 5.43 Å². The number of rotatable bonds is 4. The Labute approximate surface area is 169 Å². The lowest BCUT2D eigenvalue weighted by atomic mass is 9.87. The van der Waals surface area contributed by atoms with Gasteiger partial charge in [-0.05, 0) is 63.9 Å². The van der Waals surface area contributed by atoms with E-state index in [9.17, 15) is 4.79 Å². The van der Waals surface area contributed by atoms with E-state index in [-0.39, 0.29) is 17.9 Å². The highest BCUT2D eigenvalue weighted by atomic mass is 79.9. The lowest BCUT2D eigenvalue weighted by Crippen LogP contribution is -2.27. The van der Waals surface area contributed by atoms with Gasteiger partial charge in [-0.1, -0.05) is 51.1 Å². The fraction of sp³-hybridized carbons (Fsp3) is 0.364. The molecular weight excluding hydrogens is 404 g/mol. The van der Waals surface area contributed by atoms with Crippen LogP contribution >= 0.6 is 15.9 Å². The van der Waals surface area contributed by atoms with Crippen molar-refractivity contribution in [3.63, 3.8) is 0 Å². The van der Waals surface area contributed by atoms with Crippen LogP contribution in [-0.4, -0.2) is 18.2 Å². The summed E-state index contributed by atoms with van der Waals surface area (Å²) >= 11 is 3.53. The molecule has 1 aliphatic rings. The molecule has 1 N–H and O–H groups in total. The molecule has 0 heterocycles. The zero-order valence-corrected chi connectivity index (χ0v) is 17.6. The molecule has 0 radical (unpaired) electrons. The summed E-state index contributed by atoms with van der Waals surface area (Å²) in [6.07, 6.45) is 2.98. The Morgan fingerprint density at radius 1 is 1.19 bits per heavy atom. The number of fused-ring (bicyclic) bond motifs is 1. The maximum Gasteiger partial charge on any atom is 0.277 e. The van der Waals surface area contributed by atoms with Crippen molar-refractivity contribution in [3.8, 4) is 5.75 Å². The third kappa shape index (κ3) is 4.98. The van der Waals surface area contributed by atoms with Gasteiger partial charge in [-0.2, -0.15) is 5.10 Å². The Morgan fingerprint density at radius 2 is 1.96 bits per heavy atom. The average molecular weight is 429 g/mol. The molecule has 142 valence electrons. The van der Waals surface area contributed by atoms with Gasteiger partial charge in [0.1, 0.15) is 5.75 Å². The van der Waals surface area contributed by atoms with Crippen molar-refractivity contribution in [1.29, 1.82) is 0 Å². The molecule has 0 fully saturated rings. The van der Waals surface area contributed by atoms with E-state index in [2.05, 4.69) is 59.4 Å². The lowest BCUT2D eigenvalue weighted by molar-refractivity contribution is -0.123. The van der Waals surface area contributed by atoms with Crippen molar-refractivity contribution >= 4 is 27.5 Å². The first-order valence-corrected chi connectivity index (χ1v) is 10.0. The molecule has 2 aromatic carbocycles. The highest BCUT2D eigenvalue weighted by Crippen LogP contribution is 2.31. The van der Waals surface area contributed by atoms with Crippen LogP contribution < -0.4 is 10.2 Å². The predicted octanol–water partition coefficient (Wildman–Crippen LogP) is 4.98. The first-order chi connectivity index (χ1) is 12.8. The van der Waals surface area contributed by atoms with E-state index >= 15 is 0 Å². The van der Waals surface area contributed by atoms with Gasteiger partial charge in [0.15, 0.2) is 6.61 Å². The number of nitrogens with zero attached hydrogens (tertiary/aromatic N) is 1. The van der Waals surface area contributed by atoms with E-state index in [0.717, 1.165) is 35.0 Å². The maximum atomic E-state index is 12.2. The first kappa shape index (κ1) is 19.6. The van der Waals surface area contributed by atoms with Gasteiger partial charge in [-0.3, -0.25) is 4.79 Å². The van der Waals surface area contributed by atoms with Crippen molar-refractivity contribution in [2.45, 2.75) is 45.4 Å². The van der Waals surface area contributed by atoms with E-state index in [0.29, 0.717) is 5.75 Å². The van der Waals surface area contributed by atoms with Gasteiger partial charge in [0.05, 0.1) is 10.2 Å². The molecule has 2 aromatic rings. The second-order valence-corrected chi connectivity index (χ2v) is 8.64. The summed E-state index contributed by atoms with van der Waals surface area (Å²) in [6, 6.07) is 14.2. The Kier molecular flexibility index (Phi) is 6.00. The molecule has 0 unspecified atom stereocenters. The summed E-state index contributed by atoms with van der Waals surface area (Å²) in [4.78, 5) is 12.2. The summed E-state index contributed by atoms with van der Waals surface area (Å²) in [6.45, 7) is 6.40. The number of amides is 1. The molecule has 0 saturated heterocycles. The first-order valence-electron chi connectivity index (χ1n) is 9.21. The van der Waals surface area contributed by atoms with Gasteiger partial charge in [0.2, 0.25) is 0 Å². The van der Waals surface area contributed by atoms with Crippen molar-refractivity contribution in [1.82, 2.24) is 5.43 Å². The van der Waals surface area contributed by atoms with Gasteiger partial charge < -0.3 is 4.74 Å². The van der Waals surface area contributed by atoms with Crippen LogP contribution in [0.2, 0.25) is 0 Å². The lowest BCUT2D eigenvalue weighted by Gasteiger charge is -2.20. The minimum absolute atomic E-state index is 0.0603. The highest BCUT2D eigenvalue weighted by Gasteiger charge is 2.17. The Morgan fingerprint density at radius 3 is 2.70 bits per heavy atom. The minimum atomic E-state index is -0.266. The molecule has 0 saturated carbocycles. The van der Waals surface area contributed by atoms with Crippen molar-refractivity contribution in [2.75, 3.05) is 6.61 Å². The molecule has 1 aliphatic carbocycles. The fourth-order valence-electron chi connectivity index (χ4n) is 3.11. The molecular formula is C22H25BrN2O2. The molecule has 0 bridgehead atoms. The quantitative estimate of drug-likeness (QED) is 0.697.